The van der Waals surface area contributed by atoms with Crippen LogP contribution in [0.4, 0.5) is 4.39 Å². The highest BCUT2D eigenvalue weighted by Crippen LogP contribution is 2.25. The first kappa shape index (κ1) is 20.3. The van der Waals surface area contributed by atoms with Crippen LogP contribution in [-0.2, 0) is 17.8 Å². The highest BCUT2D eigenvalue weighted by atomic mass is 19.1. The molecule has 1 aromatic heterocycles. The predicted octanol–water partition coefficient (Wildman–Crippen LogP) is 4.04. The van der Waals surface area contributed by atoms with E-state index in [1.54, 1.807) is 61.5 Å². The summed E-state index contributed by atoms with van der Waals surface area (Å²) in [7, 11) is 3.32. The monoisotopic (exact) mass is 394 g/mol. The van der Waals surface area contributed by atoms with Gasteiger partial charge in [0.1, 0.15) is 17.3 Å². The zero-order valence-electron chi connectivity index (χ0n) is 16.4. The van der Waals surface area contributed by atoms with Crippen LogP contribution >= 0.6 is 0 Å². The quantitative estimate of drug-likeness (QED) is 0.658. The SMILES string of the molecule is CNC(=O)c1ccc(CN(C)C(=O)CCc2ccc(-c3ccccc3F)o2)cc1. The van der Waals surface area contributed by atoms with Crippen LogP contribution in [0.5, 0.6) is 0 Å². The van der Waals surface area contributed by atoms with Crippen LogP contribution in [0, 0.1) is 5.82 Å². The lowest BCUT2D eigenvalue weighted by molar-refractivity contribution is -0.130. The third-order valence-corrected chi connectivity index (χ3v) is 4.67. The largest absolute Gasteiger partial charge is 0.461 e. The maximum absolute atomic E-state index is 13.9. The number of benzene rings is 2. The van der Waals surface area contributed by atoms with Crippen LogP contribution in [0.3, 0.4) is 0 Å². The van der Waals surface area contributed by atoms with Gasteiger partial charge in [0.05, 0.1) is 5.56 Å². The molecule has 0 spiro atoms. The van der Waals surface area contributed by atoms with Crippen molar-refractivity contribution in [2.75, 3.05) is 14.1 Å². The van der Waals surface area contributed by atoms with Gasteiger partial charge in [0, 0.05) is 39.0 Å². The van der Waals surface area contributed by atoms with Crippen molar-refractivity contribution in [3.05, 3.63) is 83.4 Å². The van der Waals surface area contributed by atoms with E-state index in [1.165, 1.54) is 6.07 Å². The lowest BCUT2D eigenvalue weighted by Gasteiger charge is -2.17. The van der Waals surface area contributed by atoms with Gasteiger partial charge < -0.3 is 14.6 Å². The Kier molecular flexibility index (Phi) is 6.44. The Hall–Kier alpha value is -3.41. The summed E-state index contributed by atoms with van der Waals surface area (Å²) in [6.07, 6.45) is 0.726. The lowest BCUT2D eigenvalue weighted by Crippen LogP contribution is -2.26. The Bertz CT molecular complexity index is 995. The van der Waals surface area contributed by atoms with Gasteiger partial charge >= 0.3 is 0 Å². The molecule has 0 radical (unpaired) electrons. The van der Waals surface area contributed by atoms with Gasteiger partial charge in [-0.05, 0) is 42.0 Å². The number of aryl methyl sites for hydroxylation is 1. The van der Waals surface area contributed by atoms with Gasteiger partial charge in [-0.1, -0.05) is 24.3 Å². The first-order valence-corrected chi connectivity index (χ1v) is 9.36. The van der Waals surface area contributed by atoms with Crippen molar-refractivity contribution < 1.29 is 18.4 Å². The third kappa shape index (κ3) is 5.10. The maximum atomic E-state index is 13.9. The molecule has 1 heterocycles. The Morgan fingerprint density at radius 1 is 1.03 bits per heavy atom. The fourth-order valence-corrected chi connectivity index (χ4v) is 3.01. The molecule has 6 heteroatoms. The topological polar surface area (TPSA) is 62.6 Å². The summed E-state index contributed by atoms with van der Waals surface area (Å²) >= 11 is 0. The molecule has 1 N–H and O–H groups in total. The molecule has 0 unspecified atom stereocenters. The molecule has 5 nitrogen and oxygen atoms in total. The van der Waals surface area contributed by atoms with E-state index in [1.807, 2.05) is 12.1 Å². The number of furan rings is 1. The molecule has 0 aliphatic heterocycles. The second-order valence-electron chi connectivity index (χ2n) is 6.77. The Morgan fingerprint density at radius 3 is 2.45 bits per heavy atom. The van der Waals surface area contributed by atoms with Gasteiger partial charge in [-0.25, -0.2) is 4.39 Å². The Labute approximate surface area is 169 Å². The van der Waals surface area contributed by atoms with Crippen LogP contribution in [0.2, 0.25) is 0 Å². The molecule has 0 fully saturated rings. The van der Waals surface area contributed by atoms with Gasteiger partial charge in [0.15, 0.2) is 0 Å². The average molecular weight is 394 g/mol. The van der Waals surface area contributed by atoms with Crippen molar-refractivity contribution in [3.8, 4) is 11.3 Å². The van der Waals surface area contributed by atoms with Gasteiger partial charge in [0.25, 0.3) is 5.91 Å². The smallest absolute Gasteiger partial charge is 0.251 e. The molecule has 2 aromatic carbocycles. The molecule has 29 heavy (non-hydrogen) atoms. The lowest BCUT2D eigenvalue weighted by atomic mass is 10.1. The number of carbonyl (C=O) groups excluding carboxylic acids is 2. The first-order valence-electron chi connectivity index (χ1n) is 9.36. The van der Waals surface area contributed by atoms with Crippen molar-refractivity contribution >= 4 is 11.8 Å². The third-order valence-electron chi connectivity index (χ3n) is 4.67. The van der Waals surface area contributed by atoms with E-state index in [0.717, 1.165) is 5.56 Å². The van der Waals surface area contributed by atoms with Crippen LogP contribution in [0.25, 0.3) is 11.3 Å². The average Bonchev–Trinajstić information content (AvgIpc) is 3.21. The Morgan fingerprint density at radius 2 is 1.76 bits per heavy atom. The van der Waals surface area contributed by atoms with Crippen molar-refractivity contribution in [3.63, 3.8) is 0 Å². The second-order valence-corrected chi connectivity index (χ2v) is 6.77. The van der Waals surface area contributed by atoms with Gasteiger partial charge in [-0.15, -0.1) is 0 Å². The number of nitrogens with one attached hydrogen (secondary N) is 1. The number of halogens is 1. The molecule has 0 atom stereocenters. The molecular weight excluding hydrogens is 371 g/mol. The summed E-state index contributed by atoms with van der Waals surface area (Å²) in [5.74, 6) is 0.583. The molecule has 0 bridgehead atoms. The summed E-state index contributed by atoms with van der Waals surface area (Å²) in [5, 5.41) is 2.57. The number of hydrogen-bond donors (Lipinski definition) is 1. The number of hydrogen-bond acceptors (Lipinski definition) is 3. The van der Waals surface area contributed by atoms with Crippen molar-refractivity contribution in [2.45, 2.75) is 19.4 Å². The normalized spacial score (nSPS) is 10.6. The number of rotatable bonds is 7. The standard InChI is InChI=1S/C23H23FN2O3/c1-25-23(28)17-9-7-16(8-10-17)15-26(2)22(27)14-12-18-11-13-21(29-18)19-5-3-4-6-20(19)24/h3-11,13H,12,14-15H2,1-2H3,(H,25,28). The van der Waals surface area contributed by atoms with Crippen molar-refractivity contribution in [2.24, 2.45) is 0 Å². The summed E-state index contributed by atoms with van der Waals surface area (Å²) in [4.78, 5) is 25.6. The van der Waals surface area contributed by atoms with Crippen LogP contribution < -0.4 is 5.32 Å². The van der Waals surface area contributed by atoms with Gasteiger partial charge in [-0.3, -0.25) is 9.59 Å². The molecule has 2 amide bonds. The number of nitrogens with zero attached hydrogens (tertiary/aromatic N) is 1. The maximum Gasteiger partial charge on any atom is 0.251 e. The van der Waals surface area contributed by atoms with E-state index >= 15 is 0 Å². The second kappa shape index (κ2) is 9.19. The molecule has 3 aromatic rings. The van der Waals surface area contributed by atoms with Crippen LogP contribution in [0.15, 0.2) is 65.1 Å². The summed E-state index contributed by atoms with van der Waals surface area (Å²) in [6, 6.07) is 17.1. The minimum Gasteiger partial charge on any atom is -0.461 e. The highest BCUT2D eigenvalue weighted by molar-refractivity contribution is 5.93. The van der Waals surface area contributed by atoms with E-state index in [2.05, 4.69) is 5.32 Å². The molecule has 150 valence electrons. The van der Waals surface area contributed by atoms with Gasteiger partial charge in [-0.2, -0.15) is 0 Å². The van der Waals surface area contributed by atoms with Gasteiger partial charge in [0.2, 0.25) is 5.91 Å². The van der Waals surface area contributed by atoms with E-state index in [-0.39, 0.29) is 24.1 Å². The minimum atomic E-state index is -0.341. The molecule has 3 rings (SSSR count). The number of amides is 2. The fraction of sp³-hybridized carbons (Fsp3) is 0.217. The summed E-state index contributed by atoms with van der Waals surface area (Å²) in [5.41, 5.74) is 1.92. The molecule has 0 saturated heterocycles. The van der Waals surface area contributed by atoms with E-state index < -0.39 is 0 Å². The zero-order valence-corrected chi connectivity index (χ0v) is 16.4. The summed E-state index contributed by atoms with van der Waals surface area (Å²) < 4.78 is 19.6. The predicted molar refractivity (Wildman–Crippen MR) is 109 cm³/mol. The van der Waals surface area contributed by atoms with Crippen LogP contribution in [-0.4, -0.2) is 30.8 Å². The summed E-state index contributed by atoms with van der Waals surface area (Å²) in [6.45, 7) is 0.450. The van der Waals surface area contributed by atoms with E-state index in [9.17, 15) is 14.0 Å². The Balaban J connectivity index is 1.54. The van der Waals surface area contributed by atoms with E-state index in [4.69, 9.17) is 4.42 Å². The fourth-order valence-electron chi connectivity index (χ4n) is 3.01. The molecule has 0 saturated carbocycles. The van der Waals surface area contributed by atoms with E-state index in [0.29, 0.717) is 35.6 Å². The minimum absolute atomic E-state index is 0.0239. The van der Waals surface area contributed by atoms with Crippen molar-refractivity contribution in [1.82, 2.24) is 10.2 Å². The zero-order chi connectivity index (χ0) is 20.8. The molecular formula is C23H23FN2O3. The van der Waals surface area contributed by atoms with Crippen molar-refractivity contribution in [1.29, 1.82) is 0 Å². The molecule has 0 aliphatic rings. The highest BCUT2D eigenvalue weighted by Gasteiger charge is 2.13. The van der Waals surface area contributed by atoms with Crippen LogP contribution in [0.1, 0.15) is 28.1 Å². The first-order chi connectivity index (χ1) is 14.0. The number of carbonyl (C=O) groups is 2. The molecule has 0 aliphatic carbocycles.